The Kier molecular flexibility index (Phi) is 4.90. The van der Waals surface area contributed by atoms with E-state index in [0.717, 1.165) is 30.9 Å². The van der Waals surface area contributed by atoms with E-state index in [1.54, 1.807) is 29.4 Å². The minimum atomic E-state index is -0.662. The van der Waals surface area contributed by atoms with Crippen LogP contribution in [-0.4, -0.2) is 31.4 Å². The van der Waals surface area contributed by atoms with Gasteiger partial charge in [0.15, 0.2) is 0 Å². The summed E-state index contributed by atoms with van der Waals surface area (Å²) in [6.07, 6.45) is 7.91. The van der Waals surface area contributed by atoms with E-state index in [4.69, 9.17) is 0 Å². The van der Waals surface area contributed by atoms with Gasteiger partial charge in [-0.3, -0.25) is 9.78 Å². The normalized spacial score (nSPS) is 14.0. The number of benzene rings is 1. The third-order valence-corrected chi connectivity index (χ3v) is 5.08. The van der Waals surface area contributed by atoms with Gasteiger partial charge in [-0.1, -0.05) is 0 Å². The van der Waals surface area contributed by atoms with Gasteiger partial charge in [0, 0.05) is 43.7 Å². The number of rotatable bonds is 5. The molecular formula is C21H20F2N4O. The summed E-state index contributed by atoms with van der Waals surface area (Å²) < 4.78 is 29.1. The standard InChI is InChI=1S/C21H20F2N4O/c1-26-12-20(25-13-26)21(28)27(16-3-2-4-16)11-14-7-8-24-19(9-14)17-6-5-15(22)10-18(17)23/h5-10,12-13,16H,2-4,11H2,1H3. The molecule has 144 valence electrons. The van der Waals surface area contributed by atoms with Gasteiger partial charge in [-0.15, -0.1) is 0 Å². The molecule has 5 nitrogen and oxygen atoms in total. The van der Waals surface area contributed by atoms with Crippen molar-refractivity contribution in [2.45, 2.75) is 31.8 Å². The van der Waals surface area contributed by atoms with E-state index in [9.17, 15) is 13.6 Å². The maximum Gasteiger partial charge on any atom is 0.274 e. The molecule has 0 aliphatic heterocycles. The van der Waals surface area contributed by atoms with Gasteiger partial charge in [0.1, 0.15) is 17.3 Å². The molecule has 0 saturated heterocycles. The summed E-state index contributed by atoms with van der Waals surface area (Å²) in [5.41, 5.74) is 1.89. The molecule has 1 aliphatic carbocycles. The van der Waals surface area contributed by atoms with Crippen LogP contribution in [-0.2, 0) is 13.6 Å². The zero-order chi connectivity index (χ0) is 19.7. The van der Waals surface area contributed by atoms with E-state index in [1.807, 2.05) is 18.0 Å². The number of hydrogen-bond donors (Lipinski definition) is 0. The number of aryl methyl sites for hydroxylation is 1. The number of carbonyl (C=O) groups is 1. The first-order valence-corrected chi connectivity index (χ1v) is 9.20. The topological polar surface area (TPSA) is 51.0 Å². The second-order valence-electron chi connectivity index (χ2n) is 7.12. The number of imidazole rings is 1. The number of carbonyl (C=O) groups excluding carboxylic acids is 1. The Hall–Kier alpha value is -3.09. The maximum atomic E-state index is 14.1. The lowest BCUT2D eigenvalue weighted by Gasteiger charge is -2.37. The van der Waals surface area contributed by atoms with E-state index in [2.05, 4.69) is 9.97 Å². The molecule has 0 spiro atoms. The molecular weight excluding hydrogens is 362 g/mol. The number of aromatic nitrogens is 3. The van der Waals surface area contributed by atoms with Crippen LogP contribution in [0.4, 0.5) is 8.78 Å². The quantitative estimate of drug-likeness (QED) is 0.671. The van der Waals surface area contributed by atoms with Gasteiger partial charge in [-0.2, -0.15) is 0 Å². The number of halogens is 2. The molecule has 1 amide bonds. The van der Waals surface area contributed by atoms with E-state index in [1.165, 1.54) is 12.1 Å². The molecule has 1 fully saturated rings. The van der Waals surface area contributed by atoms with E-state index in [-0.39, 0.29) is 17.5 Å². The average Bonchev–Trinajstić information content (AvgIpc) is 3.06. The predicted molar refractivity (Wildman–Crippen MR) is 100 cm³/mol. The van der Waals surface area contributed by atoms with Crippen LogP contribution in [0.2, 0.25) is 0 Å². The number of nitrogens with zero attached hydrogens (tertiary/aromatic N) is 4. The maximum absolute atomic E-state index is 14.1. The average molecular weight is 382 g/mol. The summed E-state index contributed by atoms with van der Waals surface area (Å²) in [5, 5.41) is 0. The van der Waals surface area contributed by atoms with Crippen molar-refractivity contribution in [1.82, 2.24) is 19.4 Å². The molecule has 4 rings (SSSR count). The molecule has 1 aliphatic rings. The molecule has 0 atom stereocenters. The van der Waals surface area contributed by atoms with Crippen LogP contribution in [0.5, 0.6) is 0 Å². The smallest absolute Gasteiger partial charge is 0.274 e. The molecule has 0 unspecified atom stereocenters. The van der Waals surface area contributed by atoms with Crippen LogP contribution < -0.4 is 0 Å². The van der Waals surface area contributed by atoms with Crippen LogP contribution in [0.15, 0.2) is 49.1 Å². The van der Waals surface area contributed by atoms with Crippen molar-refractivity contribution in [3.8, 4) is 11.3 Å². The van der Waals surface area contributed by atoms with Gasteiger partial charge in [0.05, 0.1) is 12.0 Å². The van der Waals surface area contributed by atoms with Gasteiger partial charge in [0.2, 0.25) is 0 Å². The largest absolute Gasteiger partial charge is 0.340 e. The Morgan fingerprint density at radius 1 is 1.21 bits per heavy atom. The van der Waals surface area contributed by atoms with Crippen molar-refractivity contribution in [3.05, 3.63) is 71.9 Å². The first-order valence-electron chi connectivity index (χ1n) is 9.20. The molecule has 1 saturated carbocycles. The van der Waals surface area contributed by atoms with Gasteiger partial charge >= 0.3 is 0 Å². The molecule has 0 N–H and O–H groups in total. The molecule has 2 aromatic heterocycles. The Morgan fingerprint density at radius 3 is 2.68 bits per heavy atom. The molecule has 0 radical (unpaired) electrons. The molecule has 2 heterocycles. The molecule has 1 aromatic carbocycles. The lowest BCUT2D eigenvalue weighted by Crippen LogP contribution is -2.43. The highest BCUT2D eigenvalue weighted by Gasteiger charge is 2.30. The van der Waals surface area contributed by atoms with E-state index in [0.29, 0.717) is 17.9 Å². The molecule has 7 heteroatoms. The number of amides is 1. The number of hydrogen-bond acceptors (Lipinski definition) is 3. The minimum absolute atomic E-state index is 0.114. The first-order chi connectivity index (χ1) is 13.5. The third-order valence-electron chi connectivity index (χ3n) is 5.08. The summed E-state index contributed by atoms with van der Waals surface area (Å²) in [4.78, 5) is 23.2. The van der Waals surface area contributed by atoms with Crippen LogP contribution in [0.3, 0.4) is 0 Å². The van der Waals surface area contributed by atoms with Crippen LogP contribution >= 0.6 is 0 Å². The lowest BCUT2D eigenvalue weighted by atomic mass is 9.90. The van der Waals surface area contributed by atoms with Crippen molar-refractivity contribution < 1.29 is 13.6 Å². The third kappa shape index (κ3) is 3.65. The fraction of sp³-hybridized carbons (Fsp3) is 0.286. The summed E-state index contributed by atoms with van der Waals surface area (Å²) in [7, 11) is 1.82. The van der Waals surface area contributed by atoms with Gasteiger partial charge in [-0.25, -0.2) is 13.8 Å². The Bertz CT molecular complexity index is 1010. The first kappa shape index (κ1) is 18.3. The Labute approximate surface area is 161 Å². The lowest BCUT2D eigenvalue weighted by molar-refractivity contribution is 0.0551. The van der Waals surface area contributed by atoms with Crippen molar-refractivity contribution >= 4 is 5.91 Å². The van der Waals surface area contributed by atoms with Crippen molar-refractivity contribution in [2.24, 2.45) is 7.05 Å². The zero-order valence-corrected chi connectivity index (χ0v) is 15.5. The highest BCUT2D eigenvalue weighted by molar-refractivity contribution is 5.92. The van der Waals surface area contributed by atoms with Gasteiger partial charge < -0.3 is 9.47 Å². The van der Waals surface area contributed by atoms with Crippen LogP contribution in [0, 0.1) is 11.6 Å². The fourth-order valence-corrected chi connectivity index (χ4v) is 3.35. The Balaban J connectivity index is 1.61. The number of pyridine rings is 1. The highest BCUT2D eigenvalue weighted by Crippen LogP contribution is 2.29. The van der Waals surface area contributed by atoms with Gasteiger partial charge in [-0.05, 0) is 49.1 Å². The van der Waals surface area contributed by atoms with Crippen molar-refractivity contribution in [2.75, 3.05) is 0 Å². The van der Waals surface area contributed by atoms with Gasteiger partial charge in [0.25, 0.3) is 5.91 Å². The van der Waals surface area contributed by atoms with Crippen LogP contribution in [0.25, 0.3) is 11.3 Å². The summed E-state index contributed by atoms with van der Waals surface area (Å²) >= 11 is 0. The monoisotopic (exact) mass is 382 g/mol. The molecule has 28 heavy (non-hydrogen) atoms. The Morgan fingerprint density at radius 2 is 2.04 bits per heavy atom. The molecule has 0 bridgehead atoms. The van der Waals surface area contributed by atoms with E-state index < -0.39 is 11.6 Å². The minimum Gasteiger partial charge on any atom is -0.340 e. The second-order valence-corrected chi connectivity index (χ2v) is 7.12. The van der Waals surface area contributed by atoms with Crippen molar-refractivity contribution in [3.63, 3.8) is 0 Å². The van der Waals surface area contributed by atoms with Crippen LogP contribution in [0.1, 0.15) is 35.3 Å². The zero-order valence-electron chi connectivity index (χ0n) is 15.5. The highest BCUT2D eigenvalue weighted by atomic mass is 19.1. The molecule has 3 aromatic rings. The fourth-order valence-electron chi connectivity index (χ4n) is 3.35. The van der Waals surface area contributed by atoms with E-state index >= 15 is 0 Å². The van der Waals surface area contributed by atoms with Crippen molar-refractivity contribution in [1.29, 1.82) is 0 Å². The summed E-state index contributed by atoms with van der Waals surface area (Å²) in [6, 6.07) is 7.15. The second kappa shape index (κ2) is 7.50. The summed E-state index contributed by atoms with van der Waals surface area (Å²) in [6.45, 7) is 0.387. The predicted octanol–water partition coefficient (Wildman–Crippen LogP) is 3.96. The summed E-state index contributed by atoms with van der Waals surface area (Å²) in [5.74, 6) is -1.41. The SMILES string of the molecule is Cn1cnc(C(=O)N(Cc2ccnc(-c3ccc(F)cc3F)c2)C2CCC2)c1.